The molecule has 0 radical (unpaired) electrons. The fourth-order valence-electron chi connectivity index (χ4n) is 2.65. The van der Waals surface area contributed by atoms with Crippen LogP contribution in [0.5, 0.6) is 11.5 Å². The molecule has 0 heterocycles. The summed E-state index contributed by atoms with van der Waals surface area (Å²) < 4.78 is 10.5. The molecule has 0 bridgehead atoms. The third-order valence-electron chi connectivity index (χ3n) is 3.76. The molecule has 0 atom stereocenters. The highest BCUT2D eigenvalue weighted by Gasteiger charge is 2.14. The molecule has 0 fully saturated rings. The maximum atomic E-state index is 13.0. The summed E-state index contributed by atoms with van der Waals surface area (Å²) in [6.45, 7) is 2.93. The first-order chi connectivity index (χ1) is 12.0. The minimum atomic E-state index is -0.560. The van der Waals surface area contributed by atoms with E-state index in [1.165, 1.54) is 13.0 Å². The van der Waals surface area contributed by atoms with Crippen molar-refractivity contribution in [2.24, 2.45) is 0 Å². The molecule has 0 spiro atoms. The normalized spacial score (nSPS) is 10.6. The van der Waals surface area contributed by atoms with E-state index in [0.717, 1.165) is 5.39 Å². The minimum Gasteiger partial charge on any atom is -0.426 e. The number of benzene rings is 2. The molecule has 0 saturated carbocycles. The molecule has 3 aromatic rings. The van der Waals surface area contributed by atoms with Gasteiger partial charge < -0.3 is 9.47 Å². The molecule has 25 heavy (non-hydrogen) atoms. The molecule has 126 valence electrons. The lowest BCUT2D eigenvalue weighted by Gasteiger charge is -2.08. The van der Waals surface area contributed by atoms with Gasteiger partial charge in [-0.2, -0.15) is 0 Å². The highest BCUT2D eigenvalue weighted by molar-refractivity contribution is 5.98. The van der Waals surface area contributed by atoms with Gasteiger partial charge in [0.05, 0.1) is 5.39 Å². The van der Waals surface area contributed by atoms with Gasteiger partial charge in [-0.15, -0.1) is 0 Å². The van der Waals surface area contributed by atoms with Crippen molar-refractivity contribution in [3.05, 3.63) is 58.8 Å². The Morgan fingerprint density at radius 3 is 2.40 bits per heavy atom. The summed E-state index contributed by atoms with van der Waals surface area (Å²) in [5.74, 6) is -0.670. The van der Waals surface area contributed by atoms with Crippen LogP contribution in [0.15, 0.2) is 53.3 Å². The Morgan fingerprint density at radius 1 is 0.960 bits per heavy atom. The van der Waals surface area contributed by atoms with E-state index in [1.54, 1.807) is 31.2 Å². The van der Waals surface area contributed by atoms with Crippen molar-refractivity contribution >= 4 is 33.5 Å². The van der Waals surface area contributed by atoms with Crippen LogP contribution in [0.2, 0.25) is 0 Å². The van der Waals surface area contributed by atoms with Crippen LogP contribution < -0.4 is 14.9 Å². The minimum absolute atomic E-state index is 0.0789. The van der Waals surface area contributed by atoms with Gasteiger partial charge in [-0.3, -0.25) is 14.4 Å². The molecule has 0 aliphatic rings. The zero-order chi connectivity index (χ0) is 18.0. The SMILES string of the molecule is CCC(=O)Oc1cc(OC(C)=O)c2c(=O)c3ccccc3ccc2c1. The van der Waals surface area contributed by atoms with Crippen LogP contribution in [-0.2, 0) is 9.59 Å². The number of fused-ring (bicyclic) bond motifs is 2. The fraction of sp³-hybridized carbons (Fsp3) is 0.150. The van der Waals surface area contributed by atoms with Crippen molar-refractivity contribution < 1.29 is 19.1 Å². The van der Waals surface area contributed by atoms with Gasteiger partial charge in [-0.1, -0.05) is 43.3 Å². The van der Waals surface area contributed by atoms with E-state index in [1.807, 2.05) is 18.2 Å². The second-order valence-corrected chi connectivity index (χ2v) is 5.56. The van der Waals surface area contributed by atoms with Crippen LogP contribution in [0.1, 0.15) is 20.3 Å². The Bertz CT molecular complexity index is 1050. The van der Waals surface area contributed by atoms with Crippen LogP contribution in [0.25, 0.3) is 21.5 Å². The molecular weight excluding hydrogens is 320 g/mol. The highest BCUT2D eigenvalue weighted by atomic mass is 16.5. The third-order valence-corrected chi connectivity index (χ3v) is 3.76. The van der Waals surface area contributed by atoms with Gasteiger partial charge in [0.25, 0.3) is 0 Å². The maximum Gasteiger partial charge on any atom is 0.310 e. The Balaban J connectivity index is 2.38. The zero-order valence-corrected chi connectivity index (χ0v) is 13.9. The number of ether oxygens (including phenoxy) is 2. The molecule has 0 aliphatic carbocycles. The summed E-state index contributed by atoms with van der Waals surface area (Å²) >= 11 is 0. The van der Waals surface area contributed by atoms with Gasteiger partial charge >= 0.3 is 11.9 Å². The first-order valence-corrected chi connectivity index (χ1v) is 7.88. The smallest absolute Gasteiger partial charge is 0.310 e. The van der Waals surface area contributed by atoms with E-state index in [2.05, 4.69) is 0 Å². The molecule has 0 aromatic heterocycles. The van der Waals surface area contributed by atoms with Crippen molar-refractivity contribution in [1.29, 1.82) is 0 Å². The molecule has 0 unspecified atom stereocenters. The third kappa shape index (κ3) is 3.35. The van der Waals surface area contributed by atoms with Crippen LogP contribution in [0.3, 0.4) is 0 Å². The Labute approximate surface area is 143 Å². The lowest BCUT2D eigenvalue weighted by molar-refractivity contribution is -0.134. The number of esters is 2. The standard InChI is InChI=1S/C20H16O5/c1-3-18(22)25-15-10-14-9-8-13-6-4-5-7-16(13)20(23)19(14)17(11-15)24-12(2)21/h4-11H,3H2,1-2H3. The Hall–Kier alpha value is -3.21. The fourth-order valence-corrected chi connectivity index (χ4v) is 2.65. The number of carbonyl (C=O) groups excluding carboxylic acids is 2. The molecule has 0 aliphatic heterocycles. The lowest BCUT2D eigenvalue weighted by atomic mass is 10.1. The van der Waals surface area contributed by atoms with Crippen molar-refractivity contribution in [1.82, 2.24) is 0 Å². The van der Waals surface area contributed by atoms with Gasteiger partial charge in [-0.25, -0.2) is 0 Å². The van der Waals surface area contributed by atoms with Crippen molar-refractivity contribution in [3.63, 3.8) is 0 Å². The Morgan fingerprint density at radius 2 is 1.68 bits per heavy atom. The number of hydrogen-bond acceptors (Lipinski definition) is 5. The lowest BCUT2D eigenvalue weighted by Crippen LogP contribution is -2.09. The average molecular weight is 336 g/mol. The molecule has 0 N–H and O–H groups in total. The molecule has 5 heteroatoms. The van der Waals surface area contributed by atoms with E-state index in [0.29, 0.717) is 10.8 Å². The van der Waals surface area contributed by atoms with E-state index < -0.39 is 11.9 Å². The summed E-state index contributed by atoms with van der Waals surface area (Å²) in [5, 5.41) is 2.08. The van der Waals surface area contributed by atoms with E-state index >= 15 is 0 Å². The first-order valence-electron chi connectivity index (χ1n) is 7.88. The van der Waals surface area contributed by atoms with E-state index in [-0.39, 0.29) is 28.7 Å². The predicted octanol–water partition coefficient (Wildman–Crippen LogP) is 3.59. The second-order valence-electron chi connectivity index (χ2n) is 5.56. The summed E-state index contributed by atoms with van der Waals surface area (Å²) in [7, 11) is 0. The van der Waals surface area contributed by atoms with Crippen LogP contribution >= 0.6 is 0 Å². The molecule has 0 amide bonds. The molecule has 5 nitrogen and oxygen atoms in total. The topological polar surface area (TPSA) is 69.7 Å². The second kappa shape index (κ2) is 6.73. The Kier molecular flexibility index (Phi) is 4.48. The summed E-state index contributed by atoms with van der Waals surface area (Å²) in [5.41, 5.74) is -0.250. The number of rotatable bonds is 3. The van der Waals surface area contributed by atoms with Crippen molar-refractivity contribution in [3.8, 4) is 11.5 Å². The molecule has 3 rings (SSSR count). The van der Waals surface area contributed by atoms with Gasteiger partial charge in [-0.05, 0) is 16.8 Å². The van der Waals surface area contributed by atoms with Gasteiger partial charge in [0.15, 0.2) is 5.43 Å². The maximum absolute atomic E-state index is 13.0. The van der Waals surface area contributed by atoms with E-state index in [4.69, 9.17) is 9.47 Å². The summed E-state index contributed by atoms with van der Waals surface area (Å²) in [4.78, 5) is 36.0. The molecule has 0 saturated heterocycles. The summed E-state index contributed by atoms with van der Waals surface area (Å²) in [6.07, 6.45) is 0.209. The predicted molar refractivity (Wildman–Crippen MR) is 95.0 cm³/mol. The van der Waals surface area contributed by atoms with Crippen LogP contribution in [0.4, 0.5) is 0 Å². The molecular formula is C20H16O5. The van der Waals surface area contributed by atoms with Crippen LogP contribution in [-0.4, -0.2) is 11.9 Å². The van der Waals surface area contributed by atoms with Crippen LogP contribution in [0, 0.1) is 0 Å². The van der Waals surface area contributed by atoms with Crippen molar-refractivity contribution in [2.45, 2.75) is 20.3 Å². The molecule has 3 aromatic carbocycles. The first kappa shape index (κ1) is 16.6. The van der Waals surface area contributed by atoms with E-state index in [9.17, 15) is 14.4 Å². The zero-order valence-electron chi connectivity index (χ0n) is 13.9. The van der Waals surface area contributed by atoms with Gasteiger partial charge in [0.2, 0.25) is 0 Å². The quantitative estimate of drug-likeness (QED) is 0.540. The number of hydrogen-bond donors (Lipinski definition) is 0. The largest absolute Gasteiger partial charge is 0.426 e. The highest BCUT2D eigenvalue weighted by Crippen LogP contribution is 2.30. The summed E-state index contributed by atoms with van der Waals surface area (Å²) in [6, 6.07) is 13.7. The number of carbonyl (C=O) groups is 2. The van der Waals surface area contributed by atoms with Crippen molar-refractivity contribution in [2.75, 3.05) is 0 Å². The monoisotopic (exact) mass is 336 g/mol. The average Bonchev–Trinajstić information content (AvgIpc) is 2.72. The van der Waals surface area contributed by atoms with Gasteiger partial charge in [0, 0.05) is 24.8 Å². The van der Waals surface area contributed by atoms with Gasteiger partial charge in [0.1, 0.15) is 11.5 Å².